The maximum atomic E-state index is 6.66. The molecule has 9 aromatic rings. The first-order valence-corrected chi connectivity index (χ1v) is 27.4. The molecular weight excluding hydrogens is 999 g/mol. The molecule has 1 saturated carbocycles. The molecule has 0 unspecified atom stereocenters. The fourth-order valence-corrected chi connectivity index (χ4v) is 11.6. The Kier molecular flexibility index (Phi) is 14.2. The summed E-state index contributed by atoms with van der Waals surface area (Å²) in [6, 6.07) is 52.0. The number of imidazole rings is 1. The molecule has 3 aromatic heterocycles. The summed E-state index contributed by atoms with van der Waals surface area (Å²) < 4.78 is 9.04. The van der Waals surface area contributed by atoms with Crippen LogP contribution in [-0.2, 0) is 20.1 Å². The third-order valence-electron chi connectivity index (χ3n) is 13.4. The number of benzene rings is 6. The molecule has 0 amide bonds. The number of pyridine rings is 1. The summed E-state index contributed by atoms with van der Waals surface area (Å²) in [5.74, 6) is 2.52. The van der Waals surface area contributed by atoms with Crippen molar-refractivity contribution in [3.8, 4) is 39.5 Å². The van der Waals surface area contributed by atoms with Crippen LogP contribution in [0.5, 0.6) is 0 Å². The molecule has 339 valence electrons. The van der Waals surface area contributed by atoms with E-state index in [1.165, 1.54) is 65.6 Å². The number of aromatic nitrogens is 3. The summed E-state index contributed by atoms with van der Waals surface area (Å²) in [5, 5.41) is 3.85. The van der Waals surface area contributed by atoms with Crippen molar-refractivity contribution < 1.29 is 24.5 Å². The van der Waals surface area contributed by atoms with E-state index in [0.29, 0.717) is 17.8 Å². The summed E-state index contributed by atoms with van der Waals surface area (Å²) in [7, 11) is -1.36. The fraction of sp³-hybridized carbons (Fsp3) is 0.300. The minimum atomic E-state index is -1.36. The monoisotopic (exact) mass is 1060 g/mol. The Morgan fingerprint density at radius 2 is 1.33 bits per heavy atom. The molecule has 66 heavy (non-hydrogen) atoms. The van der Waals surface area contributed by atoms with E-state index in [4.69, 9.17) is 14.4 Å². The molecule has 0 saturated heterocycles. The Balaban J connectivity index is 0.000000217. The minimum absolute atomic E-state index is 0. The minimum Gasteiger partial charge on any atom is -0.501 e. The van der Waals surface area contributed by atoms with Crippen LogP contribution in [0.15, 0.2) is 138 Å². The average Bonchev–Trinajstić information content (AvgIpc) is 3.91. The Hall–Kier alpha value is -5.39. The third kappa shape index (κ3) is 9.30. The first-order chi connectivity index (χ1) is 31.4. The number of rotatable bonds is 9. The number of para-hydroxylation sites is 3. The van der Waals surface area contributed by atoms with E-state index >= 15 is 0 Å². The number of furan rings is 1. The number of nitrogens with zero attached hydrogens (tertiary/aromatic N) is 3. The van der Waals surface area contributed by atoms with Crippen LogP contribution in [0.4, 0.5) is 0 Å². The largest absolute Gasteiger partial charge is 0.501 e. The van der Waals surface area contributed by atoms with Gasteiger partial charge in [-0.15, -0.1) is 53.6 Å². The van der Waals surface area contributed by atoms with Crippen LogP contribution in [0, 0.1) is 12.1 Å². The molecule has 1 aliphatic rings. The van der Waals surface area contributed by atoms with Crippen LogP contribution in [-0.4, -0.2) is 22.6 Å². The van der Waals surface area contributed by atoms with Crippen LogP contribution in [0.1, 0.15) is 120 Å². The van der Waals surface area contributed by atoms with Gasteiger partial charge in [-0.1, -0.05) is 170 Å². The molecule has 1 aliphatic carbocycles. The summed E-state index contributed by atoms with van der Waals surface area (Å²) in [6.45, 7) is 20.9. The summed E-state index contributed by atoms with van der Waals surface area (Å²) in [6.07, 6.45) is 9.03. The zero-order chi connectivity index (χ0) is 45.4. The van der Waals surface area contributed by atoms with E-state index in [9.17, 15) is 0 Å². The fourth-order valence-electron chi connectivity index (χ4n) is 10.0. The van der Waals surface area contributed by atoms with Crippen molar-refractivity contribution in [2.45, 2.75) is 117 Å². The van der Waals surface area contributed by atoms with Gasteiger partial charge in [0.15, 0.2) is 0 Å². The number of fused-ring (bicyclic) bond motifs is 4. The second kappa shape index (κ2) is 19.8. The zero-order valence-corrected chi connectivity index (χ0v) is 43.5. The SMILES string of the molecule is CC(C)c1cc(-c2ccccc2)cc(C(C)C)c1-n1c(-c2[c-]cc(C(C)C)c3c2oc2ccccc23)nc2ccccc21.C[Si](C)(C)c1cnc(-c2[c-]cccc2)cc1C1CCCCC1.[Ir]. The van der Waals surface area contributed by atoms with E-state index in [0.717, 1.165) is 61.5 Å². The van der Waals surface area contributed by atoms with Crippen LogP contribution in [0.2, 0.25) is 19.6 Å². The van der Waals surface area contributed by atoms with Gasteiger partial charge >= 0.3 is 0 Å². The van der Waals surface area contributed by atoms with Crippen LogP contribution < -0.4 is 5.19 Å². The van der Waals surface area contributed by atoms with Gasteiger partial charge in [-0.25, -0.2) is 0 Å². The van der Waals surface area contributed by atoms with Gasteiger partial charge in [-0.05, 0) is 94.1 Å². The Morgan fingerprint density at radius 3 is 2.00 bits per heavy atom. The van der Waals surface area contributed by atoms with E-state index in [-0.39, 0.29) is 20.1 Å². The normalized spacial score (nSPS) is 13.5. The molecule has 1 fully saturated rings. The van der Waals surface area contributed by atoms with Crippen LogP contribution in [0.25, 0.3) is 72.4 Å². The average molecular weight is 1060 g/mol. The standard InChI is InChI=1S/C40H37N2O.C20H26NSi.Ir/c1-24(2)29-20-21-31(39-37(29)30-16-10-13-19-36(30)43-39)40-41-34-17-11-12-18-35(34)42(40)38-32(25(3)4)22-28(23-33(38)26(5)6)27-14-8-7-9-15-27;1-22(2,3)20-15-21-19(17-12-8-5-9-13-17)14-18(20)16-10-6-4-7-11-16;/h7-20,22-26H,1-6H3;5,8-9,12,14-16H,4,6-7,10-11H2,1-3H3;/q2*-1;. The van der Waals surface area contributed by atoms with Crippen molar-refractivity contribution in [3.05, 3.63) is 168 Å². The maximum absolute atomic E-state index is 6.66. The molecule has 10 rings (SSSR count). The van der Waals surface area contributed by atoms with Crippen molar-refractivity contribution in [2.24, 2.45) is 0 Å². The van der Waals surface area contributed by atoms with E-state index in [1.807, 2.05) is 18.2 Å². The van der Waals surface area contributed by atoms with Gasteiger partial charge in [-0.3, -0.25) is 4.98 Å². The van der Waals surface area contributed by atoms with Gasteiger partial charge < -0.3 is 14.0 Å². The summed E-state index contributed by atoms with van der Waals surface area (Å²) in [5.41, 5.74) is 16.0. The van der Waals surface area contributed by atoms with Gasteiger partial charge in [0.1, 0.15) is 5.58 Å². The molecule has 0 N–H and O–H groups in total. The van der Waals surface area contributed by atoms with Crippen LogP contribution >= 0.6 is 0 Å². The van der Waals surface area contributed by atoms with Crippen LogP contribution in [0.3, 0.4) is 0 Å². The first-order valence-electron chi connectivity index (χ1n) is 23.9. The topological polar surface area (TPSA) is 43.9 Å². The Bertz CT molecular complexity index is 3070. The smallest absolute Gasteiger partial charge is 0.120 e. The van der Waals surface area contributed by atoms with Gasteiger partial charge in [0, 0.05) is 37.4 Å². The second-order valence-corrected chi connectivity index (χ2v) is 25.1. The predicted octanol–water partition coefficient (Wildman–Crippen LogP) is 16.6. The molecule has 6 heteroatoms. The zero-order valence-electron chi connectivity index (χ0n) is 40.1. The van der Waals surface area contributed by atoms with Gasteiger partial charge in [-0.2, -0.15) is 0 Å². The van der Waals surface area contributed by atoms with Crippen molar-refractivity contribution >= 4 is 46.2 Å². The first kappa shape index (κ1) is 47.1. The van der Waals surface area contributed by atoms with E-state index in [2.05, 4.69) is 193 Å². The summed E-state index contributed by atoms with van der Waals surface area (Å²) >= 11 is 0. The van der Waals surface area contributed by atoms with Gasteiger partial charge in [0.25, 0.3) is 0 Å². The molecule has 3 heterocycles. The number of hydrogen-bond donors (Lipinski definition) is 0. The van der Waals surface area contributed by atoms with Gasteiger partial charge in [0.05, 0.1) is 30.5 Å². The molecule has 0 atom stereocenters. The van der Waals surface area contributed by atoms with Crippen molar-refractivity contribution in [1.29, 1.82) is 0 Å². The molecule has 0 bridgehead atoms. The van der Waals surface area contributed by atoms with Crippen molar-refractivity contribution in [2.75, 3.05) is 0 Å². The second-order valence-electron chi connectivity index (χ2n) is 20.0. The van der Waals surface area contributed by atoms with Crippen molar-refractivity contribution in [3.63, 3.8) is 0 Å². The van der Waals surface area contributed by atoms with E-state index < -0.39 is 8.07 Å². The molecule has 6 aromatic carbocycles. The third-order valence-corrected chi connectivity index (χ3v) is 15.4. The van der Waals surface area contributed by atoms with Gasteiger partial charge in [0.2, 0.25) is 0 Å². The predicted molar refractivity (Wildman–Crippen MR) is 278 cm³/mol. The van der Waals surface area contributed by atoms with Crippen molar-refractivity contribution in [1.82, 2.24) is 14.5 Å². The molecular formula is C60H63IrN3OSi-2. The molecule has 0 aliphatic heterocycles. The number of hydrogen-bond acceptors (Lipinski definition) is 3. The molecule has 4 nitrogen and oxygen atoms in total. The maximum Gasteiger partial charge on any atom is 0.120 e. The quantitative estimate of drug-likeness (QED) is 0.107. The molecule has 0 spiro atoms. The Labute approximate surface area is 407 Å². The Morgan fingerprint density at radius 1 is 0.682 bits per heavy atom. The van der Waals surface area contributed by atoms with E-state index in [1.54, 1.807) is 10.8 Å². The summed E-state index contributed by atoms with van der Waals surface area (Å²) in [4.78, 5) is 10.1. The molecule has 1 radical (unpaired) electrons.